The number of rotatable bonds is 6. The maximum absolute atomic E-state index is 13.3. The van der Waals surface area contributed by atoms with E-state index in [0.717, 1.165) is 16.4 Å². The molecule has 0 aliphatic rings. The molecule has 21 heavy (non-hydrogen) atoms. The van der Waals surface area contributed by atoms with E-state index < -0.39 is 28.4 Å². The Kier molecular flexibility index (Phi) is 6.11. The van der Waals surface area contributed by atoms with E-state index in [0.29, 0.717) is 6.42 Å². The molecule has 118 valence electrons. The number of nitrogens with two attached hydrogens (primary N) is 1. The van der Waals surface area contributed by atoms with Crippen LogP contribution in [0.5, 0.6) is 0 Å². The predicted octanol–water partition coefficient (Wildman–Crippen LogP) is 1.74. The zero-order valence-corrected chi connectivity index (χ0v) is 14.0. The van der Waals surface area contributed by atoms with Gasteiger partial charge in [0.05, 0.1) is 17.7 Å². The monoisotopic (exact) mass is 382 g/mol. The Morgan fingerprint density at radius 1 is 1.48 bits per heavy atom. The van der Waals surface area contributed by atoms with Crippen LogP contribution in [0.3, 0.4) is 0 Å². The molecule has 0 amide bonds. The Hall–Kier alpha value is -1.19. The van der Waals surface area contributed by atoms with Gasteiger partial charge in [-0.2, -0.15) is 4.31 Å². The molecule has 0 fully saturated rings. The fourth-order valence-electron chi connectivity index (χ4n) is 1.62. The number of anilines is 1. The van der Waals surface area contributed by atoms with Crippen LogP contribution < -0.4 is 5.73 Å². The summed E-state index contributed by atoms with van der Waals surface area (Å²) in [5.74, 6) is -1.41. The molecule has 0 aromatic heterocycles. The van der Waals surface area contributed by atoms with Crippen LogP contribution in [0.25, 0.3) is 0 Å². The van der Waals surface area contributed by atoms with Gasteiger partial charge in [-0.25, -0.2) is 12.8 Å². The van der Waals surface area contributed by atoms with Gasteiger partial charge in [-0.05, 0) is 34.5 Å². The molecular formula is C12H16BrFN2O4S. The second kappa shape index (κ2) is 7.19. The van der Waals surface area contributed by atoms with E-state index in [2.05, 4.69) is 20.7 Å². The Balaban J connectivity index is 3.28. The lowest BCUT2D eigenvalue weighted by Gasteiger charge is -2.21. The molecule has 2 N–H and O–H groups in total. The number of benzene rings is 1. The topological polar surface area (TPSA) is 89.7 Å². The molecule has 1 rings (SSSR count). The minimum absolute atomic E-state index is 0.0418. The third-order valence-corrected chi connectivity index (χ3v) is 5.48. The first-order valence-electron chi connectivity index (χ1n) is 6.05. The van der Waals surface area contributed by atoms with Crippen molar-refractivity contribution < 1.29 is 22.3 Å². The lowest BCUT2D eigenvalue weighted by atomic mass is 10.3. The average Bonchev–Trinajstić information content (AvgIpc) is 2.41. The highest BCUT2D eigenvalue weighted by atomic mass is 79.9. The molecule has 0 saturated heterocycles. The van der Waals surface area contributed by atoms with Crippen LogP contribution in [0.2, 0.25) is 0 Å². The van der Waals surface area contributed by atoms with Crippen molar-refractivity contribution in [3.8, 4) is 0 Å². The normalized spacial score (nSPS) is 11.7. The lowest BCUT2D eigenvalue weighted by Crippen LogP contribution is -2.37. The van der Waals surface area contributed by atoms with Gasteiger partial charge in [0.1, 0.15) is 12.4 Å². The number of halogens is 2. The van der Waals surface area contributed by atoms with Crippen LogP contribution in [0, 0.1) is 5.82 Å². The number of hydrogen-bond acceptors (Lipinski definition) is 5. The summed E-state index contributed by atoms with van der Waals surface area (Å²) >= 11 is 3.00. The number of esters is 1. The van der Waals surface area contributed by atoms with Gasteiger partial charge in [-0.15, -0.1) is 0 Å². The maximum Gasteiger partial charge on any atom is 0.321 e. The molecule has 0 aliphatic carbocycles. The highest BCUT2D eigenvalue weighted by Gasteiger charge is 2.29. The fourth-order valence-corrected chi connectivity index (χ4v) is 4.11. The first-order chi connectivity index (χ1) is 9.73. The Morgan fingerprint density at radius 3 is 2.62 bits per heavy atom. The van der Waals surface area contributed by atoms with Crippen LogP contribution >= 0.6 is 15.9 Å². The molecule has 9 heteroatoms. The summed E-state index contributed by atoms with van der Waals surface area (Å²) in [6.45, 7) is 1.48. The summed E-state index contributed by atoms with van der Waals surface area (Å²) < 4.78 is 44.0. The smallest absolute Gasteiger partial charge is 0.321 e. The number of sulfonamides is 1. The Morgan fingerprint density at radius 2 is 2.10 bits per heavy atom. The zero-order chi connectivity index (χ0) is 16.2. The van der Waals surface area contributed by atoms with E-state index in [1.165, 1.54) is 7.11 Å². The summed E-state index contributed by atoms with van der Waals surface area (Å²) in [4.78, 5) is 11.2. The molecule has 1 aromatic carbocycles. The number of nitrogens with zero attached hydrogens (tertiary/aromatic N) is 1. The van der Waals surface area contributed by atoms with Crippen molar-refractivity contribution >= 4 is 37.6 Å². The van der Waals surface area contributed by atoms with E-state index in [-0.39, 0.29) is 21.6 Å². The number of hydrogen-bond donors (Lipinski definition) is 1. The van der Waals surface area contributed by atoms with Gasteiger partial charge in [0.2, 0.25) is 10.0 Å². The average molecular weight is 383 g/mol. The van der Waals surface area contributed by atoms with Crippen LogP contribution in [-0.4, -0.2) is 38.9 Å². The van der Waals surface area contributed by atoms with Crippen molar-refractivity contribution in [1.29, 1.82) is 0 Å². The minimum Gasteiger partial charge on any atom is -0.468 e. The van der Waals surface area contributed by atoms with Gasteiger partial charge >= 0.3 is 5.97 Å². The number of ether oxygens (including phenoxy) is 1. The second-order valence-electron chi connectivity index (χ2n) is 4.22. The number of carbonyl (C=O) groups is 1. The molecule has 0 atom stereocenters. The van der Waals surface area contributed by atoms with E-state index in [1.807, 2.05) is 0 Å². The molecule has 0 spiro atoms. The van der Waals surface area contributed by atoms with E-state index in [1.54, 1.807) is 6.92 Å². The zero-order valence-electron chi connectivity index (χ0n) is 11.6. The highest BCUT2D eigenvalue weighted by molar-refractivity contribution is 9.10. The van der Waals surface area contributed by atoms with Crippen molar-refractivity contribution in [1.82, 2.24) is 4.31 Å². The van der Waals surface area contributed by atoms with Crippen molar-refractivity contribution in [3.05, 3.63) is 22.4 Å². The summed E-state index contributed by atoms with van der Waals surface area (Å²) in [6.07, 6.45) is 0.504. The molecule has 0 radical (unpaired) electrons. The molecule has 0 heterocycles. The van der Waals surface area contributed by atoms with Crippen molar-refractivity contribution in [2.45, 2.75) is 18.2 Å². The van der Waals surface area contributed by atoms with E-state index >= 15 is 0 Å². The third-order valence-electron chi connectivity index (χ3n) is 2.68. The van der Waals surface area contributed by atoms with Crippen LogP contribution in [0.4, 0.5) is 10.1 Å². The van der Waals surface area contributed by atoms with E-state index in [4.69, 9.17) is 5.73 Å². The molecule has 0 bridgehead atoms. The standard InChI is InChI=1S/C12H16BrFN2O4S/c1-3-4-16(7-12(17)20-2)21(18,19)11-6-10(15)9(14)5-8(11)13/h5-6H,3-4,7,15H2,1-2H3. The molecule has 0 aliphatic heterocycles. The van der Waals surface area contributed by atoms with Crippen molar-refractivity contribution in [2.24, 2.45) is 0 Å². The molecule has 1 aromatic rings. The summed E-state index contributed by atoms with van der Waals surface area (Å²) in [5, 5.41) is 0. The largest absolute Gasteiger partial charge is 0.468 e. The van der Waals surface area contributed by atoms with Crippen molar-refractivity contribution in [2.75, 3.05) is 25.9 Å². The molecule has 6 nitrogen and oxygen atoms in total. The number of methoxy groups -OCH3 is 1. The number of carbonyl (C=O) groups excluding carboxylic acids is 1. The Bertz CT molecular complexity index is 636. The van der Waals surface area contributed by atoms with Gasteiger partial charge in [-0.1, -0.05) is 6.92 Å². The van der Waals surface area contributed by atoms with Crippen LogP contribution in [-0.2, 0) is 19.6 Å². The first kappa shape index (κ1) is 17.9. The summed E-state index contributed by atoms with van der Waals surface area (Å²) in [5.41, 5.74) is 5.13. The number of nitrogen functional groups attached to an aromatic ring is 1. The molecule has 0 saturated carbocycles. The second-order valence-corrected chi connectivity index (χ2v) is 6.98. The lowest BCUT2D eigenvalue weighted by molar-refractivity contribution is -0.140. The van der Waals surface area contributed by atoms with Gasteiger partial charge in [0, 0.05) is 11.0 Å². The first-order valence-corrected chi connectivity index (χ1v) is 8.28. The third kappa shape index (κ3) is 4.14. The quantitative estimate of drug-likeness (QED) is 0.597. The predicted molar refractivity (Wildman–Crippen MR) is 79.6 cm³/mol. The van der Waals surface area contributed by atoms with Gasteiger partial charge in [0.25, 0.3) is 0 Å². The van der Waals surface area contributed by atoms with E-state index in [9.17, 15) is 17.6 Å². The van der Waals surface area contributed by atoms with Gasteiger partial charge in [0.15, 0.2) is 0 Å². The van der Waals surface area contributed by atoms with Crippen LogP contribution in [0.15, 0.2) is 21.5 Å². The van der Waals surface area contributed by atoms with Gasteiger partial charge in [-0.3, -0.25) is 4.79 Å². The summed E-state index contributed by atoms with van der Waals surface area (Å²) in [7, 11) is -2.83. The molecule has 0 unspecified atom stereocenters. The Labute approximate surface area is 131 Å². The minimum atomic E-state index is -4.00. The van der Waals surface area contributed by atoms with Gasteiger partial charge < -0.3 is 10.5 Å². The van der Waals surface area contributed by atoms with Crippen molar-refractivity contribution in [3.63, 3.8) is 0 Å². The highest BCUT2D eigenvalue weighted by Crippen LogP contribution is 2.29. The fraction of sp³-hybridized carbons (Fsp3) is 0.417. The summed E-state index contributed by atoms with van der Waals surface area (Å²) in [6, 6.07) is 2.00. The molecular weight excluding hydrogens is 367 g/mol. The maximum atomic E-state index is 13.3. The van der Waals surface area contributed by atoms with Crippen LogP contribution in [0.1, 0.15) is 13.3 Å². The SMILES string of the molecule is CCCN(CC(=O)OC)S(=O)(=O)c1cc(N)c(F)cc1Br.